The summed E-state index contributed by atoms with van der Waals surface area (Å²) >= 11 is 0. The van der Waals surface area contributed by atoms with Crippen molar-refractivity contribution < 1.29 is 22.6 Å². The fraction of sp³-hybridized carbons (Fsp3) is 1.00. The fourth-order valence-electron chi connectivity index (χ4n) is 4.01. The molecule has 0 amide bonds. The first-order valence-electron chi connectivity index (χ1n) is 7.52. The first-order chi connectivity index (χ1) is 9.50. The van der Waals surface area contributed by atoms with E-state index >= 15 is 0 Å². The molecule has 0 saturated carbocycles. The predicted molar refractivity (Wildman–Crippen MR) is 67.4 cm³/mol. The highest BCUT2D eigenvalue weighted by Crippen LogP contribution is 2.43. The van der Waals surface area contributed by atoms with Crippen molar-refractivity contribution in [2.75, 3.05) is 26.4 Å². The van der Waals surface area contributed by atoms with Gasteiger partial charge in [-0.3, -0.25) is 0 Å². The molecule has 3 fully saturated rings. The van der Waals surface area contributed by atoms with Crippen LogP contribution in [0.2, 0.25) is 0 Å². The molecule has 1 spiro atoms. The quantitative estimate of drug-likeness (QED) is 0.806. The molecule has 3 rings (SSSR count). The van der Waals surface area contributed by atoms with Crippen LogP contribution in [-0.4, -0.2) is 44.2 Å². The van der Waals surface area contributed by atoms with Gasteiger partial charge in [-0.15, -0.1) is 0 Å². The Morgan fingerprint density at radius 1 is 1.15 bits per heavy atom. The molecule has 1 N–H and O–H groups in total. The SMILES string of the molecule is FC(F)(F)C1CCCNC1C1CCOC2(CCOC2)C1. The molecule has 3 heterocycles. The Morgan fingerprint density at radius 3 is 2.70 bits per heavy atom. The third-order valence-corrected chi connectivity index (χ3v) is 5.03. The Balaban J connectivity index is 1.72. The molecule has 4 atom stereocenters. The highest BCUT2D eigenvalue weighted by atomic mass is 19.4. The van der Waals surface area contributed by atoms with Crippen molar-refractivity contribution in [2.24, 2.45) is 11.8 Å². The summed E-state index contributed by atoms with van der Waals surface area (Å²) < 4.78 is 50.9. The summed E-state index contributed by atoms with van der Waals surface area (Å²) in [6.45, 7) is 2.44. The van der Waals surface area contributed by atoms with Crippen LogP contribution in [-0.2, 0) is 9.47 Å². The van der Waals surface area contributed by atoms with E-state index in [9.17, 15) is 13.2 Å². The van der Waals surface area contributed by atoms with E-state index in [1.165, 1.54) is 0 Å². The van der Waals surface area contributed by atoms with Crippen molar-refractivity contribution in [2.45, 2.75) is 49.9 Å². The van der Waals surface area contributed by atoms with E-state index in [1.54, 1.807) is 0 Å². The zero-order valence-corrected chi connectivity index (χ0v) is 11.5. The van der Waals surface area contributed by atoms with Crippen LogP contribution in [0, 0.1) is 11.8 Å². The molecule has 6 heteroatoms. The van der Waals surface area contributed by atoms with Crippen LogP contribution in [0.5, 0.6) is 0 Å². The normalized spacial score (nSPS) is 43.0. The van der Waals surface area contributed by atoms with Crippen molar-refractivity contribution in [1.29, 1.82) is 0 Å². The second-order valence-corrected chi connectivity index (χ2v) is 6.36. The van der Waals surface area contributed by atoms with Crippen molar-refractivity contribution in [1.82, 2.24) is 5.32 Å². The van der Waals surface area contributed by atoms with Gasteiger partial charge >= 0.3 is 6.18 Å². The molecule has 0 aromatic heterocycles. The van der Waals surface area contributed by atoms with Gasteiger partial charge in [0.15, 0.2) is 0 Å². The summed E-state index contributed by atoms with van der Waals surface area (Å²) in [7, 11) is 0. The Morgan fingerprint density at radius 2 is 2.00 bits per heavy atom. The molecule has 3 aliphatic rings. The minimum Gasteiger partial charge on any atom is -0.378 e. The van der Waals surface area contributed by atoms with Crippen LogP contribution in [0.25, 0.3) is 0 Å². The molecule has 3 nitrogen and oxygen atoms in total. The highest BCUT2D eigenvalue weighted by molar-refractivity contribution is 4.97. The molecular weight excluding hydrogens is 271 g/mol. The van der Waals surface area contributed by atoms with Crippen molar-refractivity contribution in [3.05, 3.63) is 0 Å². The number of alkyl halides is 3. The van der Waals surface area contributed by atoms with Gasteiger partial charge in [0, 0.05) is 25.7 Å². The number of ether oxygens (including phenoxy) is 2. The molecule has 20 heavy (non-hydrogen) atoms. The minimum atomic E-state index is -4.10. The van der Waals surface area contributed by atoms with Gasteiger partial charge in [-0.2, -0.15) is 13.2 Å². The van der Waals surface area contributed by atoms with E-state index in [0.717, 1.165) is 6.42 Å². The summed E-state index contributed by atoms with van der Waals surface area (Å²) in [6, 6.07) is -0.454. The molecule has 0 aromatic rings. The van der Waals surface area contributed by atoms with E-state index < -0.39 is 18.1 Å². The average molecular weight is 293 g/mol. The third kappa shape index (κ3) is 2.83. The number of halogens is 3. The van der Waals surface area contributed by atoms with Gasteiger partial charge in [0.25, 0.3) is 0 Å². The van der Waals surface area contributed by atoms with Gasteiger partial charge in [-0.25, -0.2) is 0 Å². The average Bonchev–Trinajstić information content (AvgIpc) is 2.86. The maximum Gasteiger partial charge on any atom is 0.393 e. The van der Waals surface area contributed by atoms with Gasteiger partial charge in [-0.05, 0) is 38.1 Å². The zero-order valence-electron chi connectivity index (χ0n) is 11.5. The van der Waals surface area contributed by atoms with Crippen LogP contribution >= 0.6 is 0 Å². The Bertz CT molecular complexity index is 342. The largest absolute Gasteiger partial charge is 0.393 e. The number of nitrogens with one attached hydrogen (secondary N) is 1. The molecular formula is C14H22F3NO2. The molecule has 3 saturated heterocycles. The number of hydrogen-bond acceptors (Lipinski definition) is 3. The smallest absolute Gasteiger partial charge is 0.378 e. The van der Waals surface area contributed by atoms with Crippen LogP contribution < -0.4 is 5.32 Å². The van der Waals surface area contributed by atoms with Crippen LogP contribution in [0.1, 0.15) is 32.1 Å². The van der Waals surface area contributed by atoms with Crippen LogP contribution in [0.4, 0.5) is 13.2 Å². The zero-order chi connectivity index (χ0) is 14.2. The standard InChI is InChI=1S/C14H22F3NO2/c15-14(16,17)11-2-1-5-18-12(11)10-3-6-20-13(8-10)4-7-19-9-13/h10-12,18H,1-9H2. The van der Waals surface area contributed by atoms with E-state index in [0.29, 0.717) is 45.6 Å². The van der Waals surface area contributed by atoms with E-state index in [4.69, 9.17) is 9.47 Å². The maximum absolute atomic E-state index is 13.2. The molecule has 116 valence electrons. The maximum atomic E-state index is 13.2. The Labute approximate surface area is 117 Å². The van der Waals surface area contributed by atoms with E-state index in [1.807, 2.05) is 0 Å². The van der Waals surface area contributed by atoms with Gasteiger partial charge in [0.1, 0.15) is 0 Å². The molecule has 0 bridgehead atoms. The summed E-state index contributed by atoms with van der Waals surface area (Å²) in [5.41, 5.74) is -0.321. The summed E-state index contributed by atoms with van der Waals surface area (Å²) in [6.07, 6.45) is -1.02. The van der Waals surface area contributed by atoms with Crippen molar-refractivity contribution in [3.8, 4) is 0 Å². The second kappa shape index (κ2) is 5.46. The predicted octanol–water partition coefficient (Wildman–Crippen LogP) is 2.50. The van der Waals surface area contributed by atoms with Crippen molar-refractivity contribution in [3.63, 3.8) is 0 Å². The number of piperidine rings is 1. The Hall–Kier alpha value is -0.330. The molecule has 0 aromatic carbocycles. The minimum absolute atomic E-state index is 0.0392. The first kappa shape index (κ1) is 14.6. The second-order valence-electron chi connectivity index (χ2n) is 6.36. The molecule has 0 radical (unpaired) electrons. The van der Waals surface area contributed by atoms with Crippen molar-refractivity contribution >= 4 is 0 Å². The summed E-state index contributed by atoms with van der Waals surface area (Å²) in [5.74, 6) is -1.17. The lowest BCUT2D eigenvalue weighted by molar-refractivity contribution is -0.199. The lowest BCUT2D eigenvalue weighted by atomic mass is 9.74. The monoisotopic (exact) mass is 293 g/mol. The lowest BCUT2D eigenvalue weighted by Gasteiger charge is -2.45. The fourth-order valence-corrected chi connectivity index (χ4v) is 4.01. The third-order valence-electron chi connectivity index (χ3n) is 5.03. The molecule has 0 aliphatic carbocycles. The van der Waals surface area contributed by atoms with E-state index in [-0.39, 0.29) is 17.9 Å². The first-order valence-corrected chi connectivity index (χ1v) is 7.52. The topological polar surface area (TPSA) is 30.5 Å². The highest BCUT2D eigenvalue weighted by Gasteiger charge is 2.51. The van der Waals surface area contributed by atoms with Gasteiger partial charge in [0.05, 0.1) is 18.1 Å². The van der Waals surface area contributed by atoms with Crippen LogP contribution in [0.3, 0.4) is 0 Å². The van der Waals surface area contributed by atoms with Gasteiger partial charge < -0.3 is 14.8 Å². The van der Waals surface area contributed by atoms with Gasteiger partial charge in [-0.1, -0.05) is 0 Å². The van der Waals surface area contributed by atoms with E-state index in [2.05, 4.69) is 5.32 Å². The van der Waals surface area contributed by atoms with Gasteiger partial charge in [0.2, 0.25) is 0 Å². The summed E-state index contributed by atoms with van der Waals surface area (Å²) in [4.78, 5) is 0. The van der Waals surface area contributed by atoms with Crippen LogP contribution in [0.15, 0.2) is 0 Å². The molecule has 4 unspecified atom stereocenters. The lowest BCUT2D eigenvalue weighted by Crippen LogP contribution is -2.55. The molecule has 3 aliphatic heterocycles. The number of rotatable bonds is 1. The Kier molecular flexibility index (Phi) is 3.99. The number of hydrogen-bond donors (Lipinski definition) is 1. The summed E-state index contributed by atoms with van der Waals surface area (Å²) in [5, 5.41) is 3.14.